The van der Waals surface area contributed by atoms with Crippen molar-refractivity contribution in [2.45, 2.75) is 6.92 Å². The first-order valence-electron chi connectivity index (χ1n) is 6.17. The van der Waals surface area contributed by atoms with Gasteiger partial charge in [-0.05, 0) is 48.3 Å². The van der Waals surface area contributed by atoms with E-state index in [1.165, 1.54) is 5.56 Å². The van der Waals surface area contributed by atoms with Crippen molar-refractivity contribution < 1.29 is 0 Å². The molecule has 2 aromatic heterocycles. The van der Waals surface area contributed by atoms with Crippen molar-refractivity contribution in [1.29, 1.82) is 0 Å². The summed E-state index contributed by atoms with van der Waals surface area (Å²) in [7, 11) is 0. The molecule has 3 rings (SSSR count). The van der Waals surface area contributed by atoms with Gasteiger partial charge in [-0.1, -0.05) is 28.1 Å². The number of halogens is 1. The second kappa shape index (κ2) is 6.05. The number of aromatic amines is 1. The van der Waals surface area contributed by atoms with Crippen LogP contribution in [0.5, 0.6) is 0 Å². The topological polar surface area (TPSA) is 46.0 Å². The summed E-state index contributed by atoms with van der Waals surface area (Å²) in [5.74, 6) is 0.679. The van der Waals surface area contributed by atoms with E-state index in [9.17, 15) is 0 Å². The summed E-state index contributed by atoms with van der Waals surface area (Å²) >= 11 is 10.4. The molecule has 2 heterocycles. The summed E-state index contributed by atoms with van der Waals surface area (Å²) in [4.78, 5) is 1.11. The van der Waals surface area contributed by atoms with Crippen LogP contribution in [-0.2, 0) is 0 Å². The first kappa shape index (κ1) is 14.4. The van der Waals surface area contributed by atoms with Gasteiger partial charge in [-0.2, -0.15) is 14.9 Å². The molecular formula is C14H11BrN4S2. The molecule has 0 radical (unpaired) electrons. The number of nitrogens with zero attached hydrogens (tertiary/aromatic N) is 3. The molecule has 0 spiro atoms. The van der Waals surface area contributed by atoms with E-state index in [0.29, 0.717) is 10.6 Å². The highest BCUT2D eigenvalue weighted by Gasteiger charge is 2.11. The molecule has 4 nitrogen and oxygen atoms in total. The highest BCUT2D eigenvalue weighted by Crippen LogP contribution is 2.26. The fourth-order valence-corrected chi connectivity index (χ4v) is 3.26. The van der Waals surface area contributed by atoms with E-state index in [1.54, 1.807) is 16.0 Å². The third-order valence-electron chi connectivity index (χ3n) is 2.96. The molecule has 1 aromatic carbocycles. The molecular weight excluding hydrogens is 368 g/mol. The van der Waals surface area contributed by atoms with Crippen molar-refractivity contribution >= 4 is 45.7 Å². The molecule has 0 aliphatic heterocycles. The first-order chi connectivity index (χ1) is 10.2. The number of hydrogen-bond donors (Lipinski definition) is 1. The predicted molar refractivity (Wildman–Crippen MR) is 92.6 cm³/mol. The summed E-state index contributed by atoms with van der Waals surface area (Å²) < 4.78 is 3.04. The molecule has 0 fully saturated rings. The third-order valence-corrected chi connectivity index (χ3v) is 4.87. The smallest absolute Gasteiger partial charge is 0.216 e. The Bertz CT molecular complexity index is 860. The van der Waals surface area contributed by atoms with Crippen LogP contribution in [0.25, 0.3) is 11.4 Å². The lowest BCUT2D eigenvalue weighted by molar-refractivity contribution is 0.871. The van der Waals surface area contributed by atoms with Crippen LogP contribution in [0, 0.1) is 11.7 Å². The Hall–Kier alpha value is -1.57. The third kappa shape index (κ3) is 2.90. The Labute approximate surface area is 139 Å². The summed E-state index contributed by atoms with van der Waals surface area (Å²) in [6, 6.07) is 9.91. The lowest BCUT2D eigenvalue weighted by Crippen LogP contribution is -1.95. The standard InChI is InChI=1S/C14H11BrN4S2/c1-9-6-7-21-12(9)8-16-19-13(17-18-14(19)20)10-4-2-3-5-11(10)15/h2-8H,1H3,(H,18,20). The number of aromatic nitrogens is 3. The lowest BCUT2D eigenvalue weighted by Gasteiger charge is -2.03. The summed E-state index contributed by atoms with van der Waals surface area (Å²) in [5.41, 5.74) is 2.13. The molecule has 0 unspecified atom stereocenters. The van der Waals surface area contributed by atoms with Gasteiger partial charge in [0.2, 0.25) is 4.77 Å². The lowest BCUT2D eigenvalue weighted by atomic mass is 10.2. The number of rotatable bonds is 3. The van der Waals surface area contributed by atoms with Gasteiger partial charge in [0.05, 0.1) is 11.1 Å². The van der Waals surface area contributed by atoms with E-state index in [0.717, 1.165) is 14.9 Å². The molecule has 0 bridgehead atoms. The Kier molecular flexibility index (Phi) is 4.14. The molecule has 7 heteroatoms. The number of H-pyrrole nitrogens is 1. The van der Waals surface area contributed by atoms with Gasteiger partial charge in [0.15, 0.2) is 5.82 Å². The molecule has 106 valence electrons. The van der Waals surface area contributed by atoms with Gasteiger partial charge >= 0.3 is 0 Å². The van der Waals surface area contributed by atoms with Crippen molar-refractivity contribution in [3.63, 3.8) is 0 Å². The summed E-state index contributed by atoms with van der Waals surface area (Å²) in [6.45, 7) is 2.06. The SMILES string of the molecule is Cc1ccsc1C=Nn1c(-c2ccccc2Br)n[nH]c1=S. The van der Waals surface area contributed by atoms with Gasteiger partial charge in [0.25, 0.3) is 0 Å². The monoisotopic (exact) mass is 378 g/mol. The minimum Gasteiger partial charge on any atom is -0.250 e. The zero-order chi connectivity index (χ0) is 14.8. The molecule has 0 saturated carbocycles. The Morgan fingerprint density at radius 1 is 1.38 bits per heavy atom. The second-order valence-electron chi connectivity index (χ2n) is 4.36. The van der Waals surface area contributed by atoms with Crippen molar-refractivity contribution in [2.75, 3.05) is 0 Å². The van der Waals surface area contributed by atoms with Crippen molar-refractivity contribution in [3.05, 3.63) is 55.4 Å². The largest absolute Gasteiger partial charge is 0.250 e. The van der Waals surface area contributed by atoms with Gasteiger partial charge < -0.3 is 0 Å². The molecule has 0 aliphatic carbocycles. The molecule has 0 atom stereocenters. The van der Waals surface area contributed by atoms with E-state index < -0.39 is 0 Å². The Morgan fingerprint density at radius 3 is 2.90 bits per heavy atom. The average molecular weight is 379 g/mol. The quantitative estimate of drug-likeness (QED) is 0.533. The fraction of sp³-hybridized carbons (Fsp3) is 0.0714. The minimum atomic E-state index is 0.464. The van der Waals surface area contributed by atoms with Crippen LogP contribution in [0.3, 0.4) is 0 Å². The maximum absolute atomic E-state index is 5.26. The normalized spacial score (nSPS) is 11.3. The number of hydrogen-bond acceptors (Lipinski definition) is 4. The zero-order valence-electron chi connectivity index (χ0n) is 11.1. The molecule has 1 N–H and O–H groups in total. The highest BCUT2D eigenvalue weighted by molar-refractivity contribution is 9.10. The number of thiophene rings is 1. The minimum absolute atomic E-state index is 0.464. The highest BCUT2D eigenvalue weighted by atomic mass is 79.9. The molecule has 0 saturated heterocycles. The van der Waals surface area contributed by atoms with E-state index >= 15 is 0 Å². The van der Waals surface area contributed by atoms with Gasteiger partial charge in [-0.25, -0.2) is 5.10 Å². The summed E-state index contributed by atoms with van der Waals surface area (Å²) in [6.07, 6.45) is 1.81. The van der Waals surface area contributed by atoms with Crippen LogP contribution in [0.4, 0.5) is 0 Å². The number of nitrogens with one attached hydrogen (secondary N) is 1. The molecule has 21 heavy (non-hydrogen) atoms. The van der Waals surface area contributed by atoms with Crippen molar-refractivity contribution in [2.24, 2.45) is 5.10 Å². The Morgan fingerprint density at radius 2 is 2.19 bits per heavy atom. The van der Waals surface area contributed by atoms with Crippen LogP contribution in [-0.4, -0.2) is 21.1 Å². The van der Waals surface area contributed by atoms with E-state index in [4.69, 9.17) is 12.2 Å². The number of benzene rings is 1. The van der Waals surface area contributed by atoms with Crippen LogP contribution in [0.2, 0.25) is 0 Å². The van der Waals surface area contributed by atoms with E-state index in [-0.39, 0.29) is 0 Å². The second-order valence-corrected chi connectivity index (χ2v) is 6.55. The molecule has 0 amide bonds. The van der Waals surface area contributed by atoms with Crippen LogP contribution >= 0.6 is 39.5 Å². The van der Waals surface area contributed by atoms with Crippen molar-refractivity contribution in [3.8, 4) is 11.4 Å². The Balaban J connectivity index is 2.07. The van der Waals surface area contributed by atoms with Gasteiger partial charge in [-0.3, -0.25) is 0 Å². The van der Waals surface area contributed by atoms with Crippen LogP contribution in [0.15, 0.2) is 45.3 Å². The molecule has 0 aliphatic rings. The van der Waals surface area contributed by atoms with Gasteiger partial charge in [0, 0.05) is 10.0 Å². The average Bonchev–Trinajstić information content (AvgIpc) is 3.04. The van der Waals surface area contributed by atoms with E-state index in [1.807, 2.05) is 35.9 Å². The predicted octanol–water partition coefficient (Wildman–Crippen LogP) is 4.62. The zero-order valence-corrected chi connectivity index (χ0v) is 14.3. The van der Waals surface area contributed by atoms with Gasteiger partial charge in [0.1, 0.15) is 0 Å². The van der Waals surface area contributed by atoms with E-state index in [2.05, 4.69) is 44.2 Å². The van der Waals surface area contributed by atoms with Crippen molar-refractivity contribution in [1.82, 2.24) is 14.9 Å². The van der Waals surface area contributed by atoms with Gasteiger partial charge in [-0.15, -0.1) is 11.3 Å². The van der Waals surface area contributed by atoms with Crippen LogP contribution < -0.4 is 0 Å². The van der Waals surface area contributed by atoms with Crippen LogP contribution in [0.1, 0.15) is 10.4 Å². The maximum atomic E-state index is 5.26. The fourth-order valence-electron chi connectivity index (χ4n) is 1.84. The summed E-state index contributed by atoms with van der Waals surface area (Å²) in [5, 5.41) is 13.6. The first-order valence-corrected chi connectivity index (χ1v) is 8.25. The number of aryl methyl sites for hydroxylation is 1. The molecule has 3 aromatic rings. The maximum Gasteiger partial charge on any atom is 0.216 e.